The highest BCUT2D eigenvalue weighted by molar-refractivity contribution is 6.35. The summed E-state index contributed by atoms with van der Waals surface area (Å²) in [5.74, 6) is -0.527. The molecule has 2 aliphatic rings. The molecule has 104 valence electrons. The van der Waals surface area contributed by atoms with E-state index in [2.05, 4.69) is 0 Å². The van der Waals surface area contributed by atoms with E-state index in [9.17, 15) is 5.11 Å². The Kier molecular flexibility index (Phi) is 3.76. The quantitative estimate of drug-likeness (QED) is 0.905. The smallest absolute Gasteiger partial charge is 0.169 e. The molecule has 0 aromatic heterocycles. The average molecular weight is 303 g/mol. The molecule has 1 heterocycles. The van der Waals surface area contributed by atoms with E-state index in [0.717, 1.165) is 31.2 Å². The molecule has 2 fully saturated rings. The maximum absolute atomic E-state index is 9.51. The van der Waals surface area contributed by atoms with Crippen molar-refractivity contribution in [1.82, 2.24) is 0 Å². The van der Waals surface area contributed by atoms with E-state index in [0.29, 0.717) is 10.0 Å². The minimum atomic E-state index is -0.527. The summed E-state index contributed by atoms with van der Waals surface area (Å²) in [6, 6.07) is 5.31. The van der Waals surface area contributed by atoms with Crippen molar-refractivity contribution in [3.05, 3.63) is 33.8 Å². The molecule has 1 spiro atoms. The Morgan fingerprint density at radius 3 is 2.58 bits per heavy atom. The summed E-state index contributed by atoms with van der Waals surface area (Å²) >= 11 is 12.1. The molecule has 1 aliphatic carbocycles. The molecule has 0 unspecified atom stereocenters. The van der Waals surface area contributed by atoms with Crippen molar-refractivity contribution in [2.24, 2.45) is 0 Å². The number of hydrogen-bond acceptors (Lipinski definition) is 3. The zero-order valence-corrected chi connectivity index (χ0v) is 12.0. The third kappa shape index (κ3) is 2.50. The predicted molar refractivity (Wildman–Crippen MR) is 73.4 cm³/mol. The summed E-state index contributed by atoms with van der Waals surface area (Å²) in [6.45, 7) is -0.0780. The van der Waals surface area contributed by atoms with Crippen LogP contribution in [-0.4, -0.2) is 23.6 Å². The largest absolute Gasteiger partial charge is 0.394 e. The molecule has 2 atom stereocenters. The maximum Gasteiger partial charge on any atom is 0.169 e. The Balaban J connectivity index is 1.90. The van der Waals surface area contributed by atoms with E-state index in [1.807, 2.05) is 6.07 Å². The molecule has 5 heteroatoms. The van der Waals surface area contributed by atoms with Gasteiger partial charge < -0.3 is 14.6 Å². The highest BCUT2D eigenvalue weighted by Gasteiger charge is 2.49. The standard InChI is InChI=1S/C14H16Cl2O3/c15-9-3-4-10(11(16)7-9)13-12(8-17)18-14(19-13)5-1-2-6-14/h3-4,7,12-13,17H,1-2,5-6,8H2/t12-,13-/m0/s1. The maximum atomic E-state index is 9.51. The zero-order valence-electron chi connectivity index (χ0n) is 10.4. The van der Waals surface area contributed by atoms with Gasteiger partial charge in [-0.2, -0.15) is 0 Å². The van der Waals surface area contributed by atoms with Crippen LogP contribution in [0.5, 0.6) is 0 Å². The summed E-state index contributed by atoms with van der Waals surface area (Å²) in [6.07, 6.45) is 3.26. The van der Waals surface area contributed by atoms with E-state index in [1.165, 1.54) is 0 Å². The van der Waals surface area contributed by atoms with Crippen molar-refractivity contribution in [3.8, 4) is 0 Å². The van der Waals surface area contributed by atoms with Crippen LogP contribution >= 0.6 is 23.2 Å². The van der Waals surface area contributed by atoms with Gasteiger partial charge in [0.15, 0.2) is 5.79 Å². The van der Waals surface area contributed by atoms with Crippen LogP contribution in [0.4, 0.5) is 0 Å². The van der Waals surface area contributed by atoms with Gasteiger partial charge in [0.1, 0.15) is 12.2 Å². The fraction of sp³-hybridized carbons (Fsp3) is 0.571. The molecule has 0 amide bonds. The molecule has 1 aliphatic heterocycles. The van der Waals surface area contributed by atoms with Crippen LogP contribution in [0, 0.1) is 0 Å². The van der Waals surface area contributed by atoms with Crippen LogP contribution < -0.4 is 0 Å². The van der Waals surface area contributed by atoms with Crippen LogP contribution in [0.2, 0.25) is 10.0 Å². The van der Waals surface area contributed by atoms with Gasteiger partial charge in [-0.3, -0.25) is 0 Å². The van der Waals surface area contributed by atoms with E-state index < -0.39 is 5.79 Å². The monoisotopic (exact) mass is 302 g/mol. The number of rotatable bonds is 2. The lowest BCUT2D eigenvalue weighted by molar-refractivity contribution is -0.172. The normalized spacial score (nSPS) is 29.2. The van der Waals surface area contributed by atoms with Gasteiger partial charge in [-0.05, 0) is 25.0 Å². The SMILES string of the molecule is OC[C@@H]1OC2(CCCC2)O[C@H]1c1ccc(Cl)cc1Cl. The Labute approximate surface area is 122 Å². The molecule has 1 saturated carbocycles. The van der Waals surface area contributed by atoms with E-state index in [4.69, 9.17) is 32.7 Å². The minimum absolute atomic E-state index is 0.0780. The molecule has 1 saturated heterocycles. The van der Waals surface area contributed by atoms with Gasteiger partial charge in [0.05, 0.1) is 6.61 Å². The van der Waals surface area contributed by atoms with Gasteiger partial charge in [0.25, 0.3) is 0 Å². The van der Waals surface area contributed by atoms with E-state index in [1.54, 1.807) is 12.1 Å². The van der Waals surface area contributed by atoms with Gasteiger partial charge in [0.2, 0.25) is 0 Å². The fourth-order valence-electron chi connectivity index (χ4n) is 2.95. The first-order valence-corrected chi connectivity index (χ1v) is 7.31. The van der Waals surface area contributed by atoms with E-state index >= 15 is 0 Å². The Morgan fingerprint density at radius 2 is 1.95 bits per heavy atom. The molecule has 0 bridgehead atoms. The second kappa shape index (κ2) is 5.23. The molecule has 0 radical (unpaired) electrons. The second-order valence-electron chi connectivity index (χ2n) is 5.16. The summed E-state index contributed by atoms with van der Waals surface area (Å²) in [5, 5.41) is 10.7. The van der Waals surface area contributed by atoms with Crippen LogP contribution in [0.15, 0.2) is 18.2 Å². The molecule has 3 nitrogen and oxygen atoms in total. The van der Waals surface area contributed by atoms with Gasteiger partial charge in [-0.1, -0.05) is 29.3 Å². The zero-order chi connectivity index (χ0) is 13.5. The van der Waals surface area contributed by atoms with Crippen LogP contribution in [0.1, 0.15) is 37.4 Å². The Morgan fingerprint density at radius 1 is 1.21 bits per heavy atom. The lowest BCUT2D eigenvalue weighted by Crippen LogP contribution is -2.27. The van der Waals surface area contributed by atoms with Gasteiger partial charge in [-0.15, -0.1) is 0 Å². The third-order valence-electron chi connectivity index (χ3n) is 3.86. The number of aliphatic hydroxyl groups is 1. The first-order chi connectivity index (χ1) is 9.13. The van der Waals surface area contributed by atoms with Crippen molar-refractivity contribution in [1.29, 1.82) is 0 Å². The molecular weight excluding hydrogens is 287 g/mol. The number of hydrogen-bond donors (Lipinski definition) is 1. The summed E-state index contributed by atoms with van der Waals surface area (Å²) in [4.78, 5) is 0. The van der Waals surface area contributed by atoms with Crippen molar-refractivity contribution in [2.45, 2.75) is 43.7 Å². The molecular formula is C14H16Cl2O3. The molecule has 19 heavy (non-hydrogen) atoms. The van der Waals surface area contributed by atoms with E-state index in [-0.39, 0.29) is 18.8 Å². The van der Waals surface area contributed by atoms with Crippen molar-refractivity contribution < 1.29 is 14.6 Å². The Bertz CT molecular complexity index is 472. The van der Waals surface area contributed by atoms with Crippen LogP contribution in [0.3, 0.4) is 0 Å². The fourth-order valence-corrected chi connectivity index (χ4v) is 3.47. The van der Waals surface area contributed by atoms with Gasteiger partial charge in [0, 0.05) is 28.5 Å². The highest BCUT2D eigenvalue weighted by atomic mass is 35.5. The number of ether oxygens (including phenoxy) is 2. The highest BCUT2D eigenvalue weighted by Crippen LogP contribution is 2.48. The lowest BCUT2D eigenvalue weighted by atomic mass is 10.1. The first kappa shape index (κ1) is 13.7. The molecule has 1 N–H and O–H groups in total. The summed E-state index contributed by atoms with van der Waals surface area (Å²) in [7, 11) is 0. The molecule has 1 aromatic carbocycles. The van der Waals surface area contributed by atoms with Crippen LogP contribution in [-0.2, 0) is 9.47 Å². The average Bonchev–Trinajstić information content (AvgIpc) is 2.97. The first-order valence-electron chi connectivity index (χ1n) is 6.55. The second-order valence-corrected chi connectivity index (χ2v) is 6.00. The van der Waals surface area contributed by atoms with Gasteiger partial charge >= 0.3 is 0 Å². The van der Waals surface area contributed by atoms with Gasteiger partial charge in [-0.25, -0.2) is 0 Å². The van der Waals surface area contributed by atoms with Crippen molar-refractivity contribution in [2.75, 3.05) is 6.61 Å². The number of benzene rings is 1. The summed E-state index contributed by atoms with van der Waals surface area (Å²) < 4.78 is 12.1. The number of halogens is 2. The molecule has 3 rings (SSSR count). The van der Waals surface area contributed by atoms with Crippen molar-refractivity contribution >= 4 is 23.2 Å². The Hall–Kier alpha value is -0.320. The lowest BCUT2D eigenvalue weighted by Gasteiger charge is -2.22. The molecule has 1 aromatic rings. The third-order valence-corrected chi connectivity index (χ3v) is 4.42. The van der Waals surface area contributed by atoms with Crippen molar-refractivity contribution in [3.63, 3.8) is 0 Å². The predicted octanol–water partition coefficient (Wildman–Crippen LogP) is 3.71. The summed E-state index contributed by atoms with van der Waals surface area (Å²) in [5.41, 5.74) is 0.828. The number of aliphatic hydroxyl groups excluding tert-OH is 1. The topological polar surface area (TPSA) is 38.7 Å². The van der Waals surface area contributed by atoms with Crippen LogP contribution in [0.25, 0.3) is 0 Å². The minimum Gasteiger partial charge on any atom is -0.394 e.